The third-order valence-electron chi connectivity index (χ3n) is 14.0. The molecule has 14 nitrogen and oxygen atoms in total. The average molecular weight is 697 g/mol. The minimum atomic E-state index is -1.62. The molecule has 14 heteroatoms. The van der Waals surface area contributed by atoms with E-state index in [1.807, 2.05) is 0 Å². The summed E-state index contributed by atoms with van der Waals surface area (Å²) < 4.78 is 28.9. The van der Waals surface area contributed by atoms with Gasteiger partial charge in [-0.3, -0.25) is 0 Å². The van der Waals surface area contributed by atoms with Gasteiger partial charge in [-0.25, -0.2) is 4.79 Å². The van der Waals surface area contributed by atoms with Gasteiger partial charge in [-0.15, -0.1) is 0 Å². The van der Waals surface area contributed by atoms with Crippen LogP contribution in [0, 0.1) is 28.6 Å². The van der Waals surface area contributed by atoms with Crippen LogP contribution in [0.5, 0.6) is 0 Å². The van der Waals surface area contributed by atoms with Crippen molar-refractivity contribution in [1.29, 1.82) is 0 Å². The van der Waals surface area contributed by atoms with E-state index in [4.69, 9.17) is 23.7 Å². The van der Waals surface area contributed by atoms with Crippen LogP contribution in [0.25, 0.3) is 0 Å². The van der Waals surface area contributed by atoms with Gasteiger partial charge in [-0.2, -0.15) is 0 Å². The molecule has 0 aromatic heterocycles. The molecule has 0 aromatic carbocycles. The lowest BCUT2D eigenvalue weighted by Gasteiger charge is -2.65. The summed E-state index contributed by atoms with van der Waals surface area (Å²) in [4.78, 5) is 25.0. The smallest absolute Gasteiger partial charge is 0.331 e. The first-order valence-electron chi connectivity index (χ1n) is 17.9. The predicted octanol–water partition coefficient (Wildman–Crippen LogP) is -0.397. The van der Waals surface area contributed by atoms with E-state index in [2.05, 4.69) is 6.92 Å². The summed E-state index contributed by atoms with van der Waals surface area (Å²) in [5, 5.41) is 75.9. The minimum Gasteiger partial charge on any atom is -0.458 e. The number of fused-ring (bicyclic) bond motifs is 5. The van der Waals surface area contributed by atoms with E-state index in [1.165, 1.54) is 0 Å². The first-order chi connectivity index (χ1) is 23.2. The fourth-order valence-electron chi connectivity index (χ4n) is 11.3. The first kappa shape index (κ1) is 35.8. The van der Waals surface area contributed by atoms with Crippen LogP contribution in [0.2, 0.25) is 0 Å². The van der Waals surface area contributed by atoms with Crippen molar-refractivity contribution < 1.29 is 69.0 Å². The number of rotatable bonds is 7. The molecule has 0 amide bonds. The van der Waals surface area contributed by atoms with Gasteiger partial charge >= 0.3 is 5.97 Å². The minimum absolute atomic E-state index is 0.00470. The highest BCUT2D eigenvalue weighted by atomic mass is 16.7. The fraction of sp³-hybridized carbons (Fsp3) is 0.886. The SMILES string of the molecule is C[C@@H]1O[C@H](O[C@H]2CC[C@]3(C=O)[C@@H]4CC[C@]5(C)[C@@H](C6=CC(=O)OC6)CC[C@]5(O)[C@@H]4CC[C@]3(O)C2)C[C@@H](O)[C@H]1O[C@@H]1O[C@@H](CO)[C@H](O)[C@@H](O)[C@@H]1O. The molecule has 0 unspecified atom stereocenters. The molecule has 0 radical (unpaired) electrons. The molecule has 0 bridgehead atoms. The van der Waals surface area contributed by atoms with E-state index in [0.717, 1.165) is 18.3 Å². The third kappa shape index (κ3) is 5.47. The van der Waals surface area contributed by atoms with Crippen LogP contribution in [-0.2, 0) is 33.3 Å². The molecule has 0 aromatic rings. The van der Waals surface area contributed by atoms with Crippen LogP contribution in [0.4, 0.5) is 0 Å². The Morgan fingerprint density at radius 1 is 0.939 bits per heavy atom. The van der Waals surface area contributed by atoms with Crippen LogP contribution in [-0.4, -0.2) is 134 Å². The zero-order valence-electron chi connectivity index (χ0n) is 28.1. The highest BCUT2D eigenvalue weighted by Crippen LogP contribution is 2.70. The van der Waals surface area contributed by atoms with Crippen molar-refractivity contribution in [2.75, 3.05) is 13.2 Å². The van der Waals surface area contributed by atoms with Crippen LogP contribution >= 0.6 is 0 Å². The Morgan fingerprint density at radius 2 is 1.69 bits per heavy atom. The van der Waals surface area contributed by atoms with Gasteiger partial charge in [0.1, 0.15) is 43.4 Å². The number of esters is 1. The molecule has 7 rings (SSSR count). The van der Waals surface area contributed by atoms with Crippen molar-refractivity contribution in [1.82, 2.24) is 0 Å². The molecule has 3 aliphatic heterocycles. The van der Waals surface area contributed by atoms with E-state index < -0.39 is 90.1 Å². The number of aliphatic hydroxyl groups excluding tert-OH is 5. The summed E-state index contributed by atoms with van der Waals surface area (Å²) in [7, 11) is 0. The van der Waals surface area contributed by atoms with Gasteiger partial charge in [0.25, 0.3) is 0 Å². The average Bonchev–Trinajstić information content (AvgIpc) is 3.61. The van der Waals surface area contributed by atoms with Gasteiger partial charge < -0.3 is 64.2 Å². The summed E-state index contributed by atoms with van der Waals surface area (Å²) in [6.45, 7) is 3.42. The van der Waals surface area contributed by atoms with Gasteiger partial charge in [0.15, 0.2) is 12.6 Å². The predicted molar refractivity (Wildman–Crippen MR) is 166 cm³/mol. The first-order valence-corrected chi connectivity index (χ1v) is 17.9. The number of hydrogen-bond donors (Lipinski definition) is 7. The molecule has 7 N–H and O–H groups in total. The van der Waals surface area contributed by atoms with Gasteiger partial charge in [0.05, 0.1) is 41.5 Å². The van der Waals surface area contributed by atoms with E-state index >= 15 is 0 Å². The Balaban J connectivity index is 1.00. The second-order valence-corrected chi connectivity index (χ2v) is 16.1. The summed E-state index contributed by atoms with van der Waals surface area (Å²) in [6.07, 6.45) is -4.38. The quantitative estimate of drug-likeness (QED) is 0.102. The van der Waals surface area contributed by atoms with Crippen LogP contribution < -0.4 is 0 Å². The Hall–Kier alpha value is -1.56. The summed E-state index contributed by atoms with van der Waals surface area (Å²) >= 11 is 0. The normalized spacial score (nSPS) is 54.3. The summed E-state index contributed by atoms with van der Waals surface area (Å²) in [5.74, 6) is -0.688. The number of carbonyl (C=O) groups excluding carboxylic acids is 2. The van der Waals surface area contributed by atoms with E-state index in [9.17, 15) is 45.3 Å². The van der Waals surface area contributed by atoms with Gasteiger partial charge in [0.2, 0.25) is 0 Å². The Labute approximate surface area is 285 Å². The monoisotopic (exact) mass is 696 g/mol. The number of aliphatic hydroxyl groups is 7. The zero-order chi connectivity index (χ0) is 35.1. The van der Waals surface area contributed by atoms with Crippen molar-refractivity contribution in [3.63, 3.8) is 0 Å². The Kier molecular flexibility index (Phi) is 9.38. The lowest BCUT2D eigenvalue weighted by Crippen LogP contribution is -2.69. The highest BCUT2D eigenvalue weighted by molar-refractivity contribution is 5.85. The Bertz CT molecular complexity index is 1300. The highest BCUT2D eigenvalue weighted by Gasteiger charge is 2.71. The molecule has 6 fully saturated rings. The lowest BCUT2D eigenvalue weighted by molar-refractivity contribution is -0.345. The maximum Gasteiger partial charge on any atom is 0.331 e. The maximum atomic E-state index is 13.2. The lowest BCUT2D eigenvalue weighted by atomic mass is 9.41. The number of carbonyl (C=O) groups is 2. The standard InChI is InChI=1S/C35H52O14/c1-17-30(49-31-29(42)28(41)27(40)24(14-36)48-31)23(38)12-26(46-17)47-19-3-8-33(16-37)21-4-7-32(2)20(18-11-25(39)45-15-18)6-10-35(32,44)22(21)5-9-34(33,43)13-19/h11,16-17,19-24,26-31,36,38,40-44H,3-10,12-15H2,1-2H3/t17-,19-,20+,21+,22+,23+,24-,26+,27-,28+,29-,30-,31-,32+,33-,34-,35-/m0/s1. The van der Waals surface area contributed by atoms with E-state index in [0.29, 0.717) is 44.9 Å². The van der Waals surface area contributed by atoms with Crippen molar-refractivity contribution in [2.45, 2.75) is 151 Å². The topological polar surface area (TPSA) is 222 Å². The second-order valence-electron chi connectivity index (χ2n) is 16.1. The van der Waals surface area contributed by atoms with Gasteiger partial charge in [-0.05, 0) is 81.6 Å². The zero-order valence-corrected chi connectivity index (χ0v) is 28.1. The van der Waals surface area contributed by atoms with Crippen molar-refractivity contribution in [3.8, 4) is 0 Å². The van der Waals surface area contributed by atoms with Crippen molar-refractivity contribution in [3.05, 3.63) is 11.6 Å². The molecule has 4 aliphatic carbocycles. The second kappa shape index (κ2) is 12.8. The van der Waals surface area contributed by atoms with E-state index in [1.54, 1.807) is 13.0 Å². The van der Waals surface area contributed by atoms with E-state index in [-0.39, 0.29) is 43.2 Å². The van der Waals surface area contributed by atoms with Crippen LogP contribution in [0.3, 0.4) is 0 Å². The molecular formula is C35H52O14. The summed E-state index contributed by atoms with van der Waals surface area (Å²) in [6, 6.07) is 0. The van der Waals surface area contributed by atoms with Gasteiger partial charge in [0, 0.05) is 24.3 Å². The molecule has 3 heterocycles. The number of cyclic esters (lactones) is 1. The molecule has 17 atom stereocenters. The fourth-order valence-corrected chi connectivity index (χ4v) is 11.3. The summed E-state index contributed by atoms with van der Waals surface area (Å²) in [5.41, 5.74) is -2.94. The molecular weight excluding hydrogens is 644 g/mol. The van der Waals surface area contributed by atoms with Crippen molar-refractivity contribution >= 4 is 12.3 Å². The maximum absolute atomic E-state index is 13.2. The molecule has 2 saturated heterocycles. The van der Waals surface area contributed by atoms with Gasteiger partial charge in [-0.1, -0.05) is 6.92 Å². The van der Waals surface area contributed by atoms with Crippen LogP contribution in [0.15, 0.2) is 11.6 Å². The number of hydrogen-bond acceptors (Lipinski definition) is 14. The van der Waals surface area contributed by atoms with Crippen LogP contribution in [0.1, 0.15) is 78.1 Å². The van der Waals surface area contributed by atoms with Crippen molar-refractivity contribution in [2.24, 2.45) is 28.6 Å². The number of aldehydes is 1. The molecule has 49 heavy (non-hydrogen) atoms. The molecule has 7 aliphatic rings. The number of ether oxygens (including phenoxy) is 5. The molecule has 276 valence electrons. The largest absolute Gasteiger partial charge is 0.458 e. The molecule has 0 spiro atoms. The third-order valence-corrected chi connectivity index (χ3v) is 14.0. The Morgan fingerprint density at radius 3 is 2.37 bits per heavy atom. The molecule has 4 saturated carbocycles.